The van der Waals surface area contributed by atoms with Crippen LogP contribution in [0.5, 0.6) is 0 Å². The molecule has 0 amide bonds. The van der Waals surface area contributed by atoms with Crippen molar-refractivity contribution in [3.8, 4) is 11.1 Å². The Hall–Kier alpha value is -3.79. The summed E-state index contributed by atoms with van der Waals surface area (Å²) in [5, 5.41) is 3.59. The van der Waals surface area contributed by atoms with Gasteiger partial charge in [-0.15, -0.1) is 0 Å². The second-order valence-corrected chi connectivity index (χ2v) is 7.34. The lowest BCUT2D eigenvalue weighted by molar-refractivity contribution is 1.23. The van der Waals surface area contributed by atoms with Crippen molar-refractivity contribution in [2.24, 2.45) is 0 Å². The van der Waals surface area contributed by atoms with Crippen LogP contribution in [0, 0.1) is 0 Å². The first-order chi connectivity index (χ1) is 13.9. The van der Waals surface area contributed by atoms with Gasteiger partial charge in [0.15, 0.2) is 5.65 Å². The zero-order chi connectivity index (χ0) is 18.2. The van der Waals surface area contributed by atoms with E-state index in [1.807, 2.05) is 18.3 Å². The first kappa shape index (κ1) is 14.3. The van der Waals surface area contributed by atoms with Crippen LogP contribution >= 0.6 is 0 Å². The summed E-state index contributed by atoms with van der Waals surface area (Å²) in [5.41, 5.74) is 9.03. The van der Waals surface area contributed by atoms with E-state index >= 15 is 0 Å². The number of benzene rings is 2. The average Bonchev–Trinajstić information content (AvgIpc) is 3.32. The molecule has 1 aliphatic rings. The van der Waals surface area contributed by atoms with Gasteiger partial charge in [0.05, 0.1) is 5.52 Å². The van der Waals surface area contributed by atoms with Crippen molar-refractivity contribution in [3.05, 3.63) is 84.2 Å². The Balaban J connectivity index is 1.77. The lowest BCUT2D eigenvalue weighted by Crippen LogP contribution is -1.96. The molecule has 0 radical (unpaired) electrons. The normalized spacial score (nSPS) is 12.9. The zero-order valence-electron chi connectivity index (χ0n) is 14.9. The van der Waals surface area contributed by atoms with E-state index in [1.165, 1.54) is 27.6 Å². The highest BCUT2D eigenvalue weighted by molar-refractivity contribution is 6.16. The first-order valence-corrected chi connectivity index (χ1v) is 9.44. The van der Waals surface area contributed by atoms with E-state index < -0.39 is 0 Å². The van der Waals surface area contributed by atoms with Gasteiger partial charge in [-0.2, -0.15) is 0 Å². The van der Waals surface area contributed by atoms with Gasteiger partial charge < -0.3 is 0 Å². The lowest BCUT2D eigenvalue weighted by Gasteiger charge is -2.12. The molecule has 28 heavy (non-hydrogen) atoms. The minimum absolute atomic E-state index is 0.755. The Kier molecular flexibility index (Phi) is 2.51. The maximum atomic E-state index is 4.88. The Morgan fingerprint density at radius 2 is 1.57 bits per heavy atom. The molecular formula is C24H14N4. The van der Waals surface area contributed by atoms with Crippen molar-refractivity contribution in [2.75, 3.05) is 0 Å². The fourth-order valence-electron chi connectivity index (χ4n) is 4.78. The van der Waals surface area contributed by atoms with Crippen molar-refractivity contribution >= 4 is 38.6 Å². The maximum absolute atomic E-state index is 4.88. The van der Waals surface area contributed by atoms with Crippen LogP contribution in [0.4, 0.5) is 0 Å². The summed E-state index contributed by atoms with van der Waals surface area (Å²) in [4.78, 5) is 14.1. The van der Waals surface area contributed by atoms with Gasteiger partial charge >= 0.3 is 0 Å². The Labute approximate surface area is 160 Å². The van der Waals surface area contributed by atoms with Crippen molar-refractivity contribution in [1.82, 2.24) is 19.4 Å². The monoisotopic (exact) mass is 358 g/mol. The minimum Gasteiger partial charge on any atom is -0.274 e. The lowest BCUT2D eigenvalue weighted by atomic mass is 9.97. The molecule has 0 saturated heterocycles. The Bertz CT molecular complexity index is 1590. The molecule has 4 heteroatoms. The molecule has 130 valence electrons. The van der Waals surface area contributed by atoms with Crippen molar-refractivity contribution in [3.63, 3.8) is 0 Å². The van der Waals surface area contributed by atoms with E-state index in [2.05, 4.69) is 57.9 Å². The molecule has 0 unspecified atom stereocenters. The van der Waals surface area contributed by atoms with Crippen LogP contribution in [0.25, 0.3) is 49.7 Å². The second kappa shape index (κ2) is 4.93. The quantitative estimate of drug-likeness (QED) is 0.352. The van der Waals surface area contributed by atoms with Gasteiger partial charge in [-0.25, -0.2) is 15.0 Å². The Morgan fingerprint density at radius 1 is 0.714 bits per heavy atom. The molecule has 4 aromatic heterocycles. The third-order valence-corrected chi connectivity index (χ3v) is 5.93. The zero-order valence-corrected chi connectivity index (χ0v) is 14.9. The number of imidazole rings is 1. The van der Waals surface area contributed by atoms with E-state index in [0.717, 1.165) is 39.7 Å². The first-order valence-electron chi connectivity index (χ1n) is 9.44. The molecule has 0 bridgehead atoms. The van der Waals surface area contributed by atoms with Crippen LogP contribution in [0.15, 0.2) is 73.1 Å². The van der Waals surface area contributed by atoms with Crippen LogP contribution in [-0.2, 0) is 6.42 Å². The third kappa shape index (κ3) is 1.63. The van der Waals surface area contributed by atoms with E-state index in [0.29, 0.717) is 0 Å². The number of fused-ring (bicyclic) bond motifs is 12. The molecule has 0 N–H and O–H groups in total. The Morgan fingerprint density at radius 3 is 2.57 bits per heavy atom. The molecule has 2 aromatic carbocycles. The predicted octanol–water partition coefficient (Wildman–Crippen LogP) is 5.16. The topological polar surface area (TPSA) is 43.1 Å². The maximum Gasteiger partial charge on any atom is 0.178 e. The molecule has 4 heterocycles. The van der Waals surface area contributed by atoms with Crippen LogP contribution in [0.2, 0.25) is 0 Å². The van der Waals surface area contributed by atoms with Gasteiger partial charge in [-0.3, -0.25) is 4.40 Å². The van der Waals surface area contributed by atoms with Crippen LogP contribution in [0.1, 0.15) is 11.1 Å². The highest BCUT2D eigenvalue weighted by Crippen LogP contribution is 2.43. The standard InChI is InChI=1S/C24H14N4/c1-2-6-15-14(5-1)13-19-16(15)9-10-18-21(19)17-7-3-12-26-23(17)28-20-8-4-11-25-22(20)27-24(18)28/h1-12H,13H2. The van der Waals surface area contributed by atoms with E-state index in [-0.39, 0.29) is 0 Å². The molecule has 1 aliphatic carbocycles. The third-order valence-electron chi connectivity index (χ3n) is 5.93. The summed E-state index contributed by atoms with van der Waals surface area (Å²) in [6.45, 7) is 0. The largest absolute Gasteiger partial charge is 0.274 e. The fourth-order valence-corrected chi connectivity index (χ4v) is 4.78. The summed E-state index contributed by atoms with van der Waals surface area (Å²) in [7, 11) is 0. The molecular weight excluding hydrogens is 344 g/mol. The number of hydrogen-bond donors (Lipinski definition) is 0. The molecule has 0 atom stereocenters. The SMILES string of the molecule is c1ccc2c(c1)Cc1c-2ccc2c1c1cccnc1n1c3cccnc3nc21. The van der Waals surface area contributed by atoms with E-state index in [9.17, 15) is 0 Å². The fraction of sp³-hybridized carbons (Fsp3) is 0.0417. The summed E-state index contributed by atoms with van der Waals surface area (Å²) < 4.78 is 2.15. The minimum atomic E-state index is 0.755. The summed E-state index contributed by atoms with van der Waals surface area (Å²) in [5.74, 6) is 0. The number of aromatic nitrogens is 4. The van der Waals surface area contributed by atoms with Crippen molar-refractivity contribution in [1.29, 1.82) is 0 Å². The highest BCUT2D eigenvalue weighted by Gasteiger charge is 2.24. The molecule has 4 nitrogen and oxygen atoms in total. The van der Waals surface area contributed by atoms with E-state index in [4.69, 9.17) is 9.97 Å². The number of rotatable bonds is 0. The molecule has 6 aromatic rings. The highest BCUT2D eigenvalue weighted by atomic mass is 15.1. The van der Waals surface area contributed by atoms with Gasteiger partial charge in [-0.05, 0) is 59.0 Å². The van der Waals surface area contributed by atoms with Crippen LogP contribution in [0.3, 0.4) is 0 Å². The van der Waals surface area contributed by atoms with Gasteiger partial charge in [-0.1, -0.05) is 30.3 Å². The average molecular weight is 358 g/mol. The van der Waals surface area contributed by atoms with E-state index in [1.54, 1.807) is 6.20 Å². The number of hydrogen-bond acceptors (Lipinski definition) is 3. The van der Waals surface area contributed by atoms with Gasteiger partial charge in [0.2, 0.25) is 0 Å². The van der Waals surface area contributed by atoms with Gasteiger partial charge in [0.25, 0.3) is 0 Å². The predicted molar refractivity (Wildman–Crippen MR) is 112 cm³/mol. The molecule has 0 saturated carbocycles. The van der Waals surface area contributed by atoms with Gasteiger partial charge in [0, 0.05) is 28.6 Å². The second-order valence-electron chi connectivity index (χ2n) is 7.34. The summed E-state index contributed by atoms with van der Waals surface area (Å²) in [6.07, 6.45) is 4.59. The summed E-state index contributed by atoms with van der Waals surface area (Å²) in [6, 6.07) is 21.4. The van der Waals surface area contributed by atoms with Crippen LogP contribution in [-0.4, -0.2) is 19.4 Å². The van der Waals surface area contributed by atoms with Gasteiger partial charge in [0.1, 0.15) is 11.3 Å². The molecule has 0 fully saturated rings. The smallest absolute Gasteiger partial charge is 0.178 e. The van der Waals surface area contributed by atoms with Crippen molar-refractivity contribution in [2.45, 2.75) is 6.42 Å². The molecule has 0 aliphatic heterocycles. The molecule has 0 spiro atoms. The van der Waals surface area contributed by atoms with Crippen molar-refractivity contribution < 1.29 is 0 Å². The van der Waals surface area contributed by atoms with Crippen LogP contribution < -0.4 is 0 Å². The molecule has 7 rings (SSSR count). The number of nitrogens with zero attached hydrogens (tertiary/aromatic N) is 4. The summed E-state index contributed by atoms with van der Waals surface area (Å²) >= 11 is 0. The number of pyridine rings is 3.